The van der Waals surface area contributed by atoms with E-state index >= 15 is 0 Å². The average Bonchev–Trinajstić information content (AvgIpc) is 2.96. The zero-order valence-electron chi connectivity index (χ0n) is 11.8. The quantitative estimate of drug-likeness (QED) is 0.733. The number of carbonyl (C=O) groups excluding carboxylic acids is 1. The molecule has 1 N–H and O–H groups in total. The molecule has 0 aliphatic carbocycles. The Morgan fingerprint density at radius 3 is 2.77 bits per heavy atom. The normalized spacial score (nSPS) is 10.5. The molecule has 2 heterocycles. The van der Waals surface area contributed by atoms with E-state index in [1.807, 2.05) is 42.6 Å². The van der Waals surface area contributed by atoms with Gasteiger partial charge in [0.15, 0.2) is 0 Å². The van der Waals surface area contributed by atoms with Crippen molar-refractivity contribution >= 4 is 34.5 Å². The third-order valence-electron chi connectivity index (χ3n) is 3.23. The van der Waals surface area contributed by atoms with Gasteiger partial charge in [-0.2, -0.15) is 0 Å². The van der Waals surface area contributed by atoms with Crippen LogP contribution < -0.4 is 5.32 Å². The lowest BCUT2D eigenvalue weighted by Gasteiger charge is -2.09. The zero-order valence-corrected chi connectivity index (χ0v) is 13.4. The van der Waals surface area contributed by atoms with Gasteiger partial charge in [0.2, 0.25) is 0 Å². The van der Waals surface area contributed by atoms with E-state index in [4.69, 9.17) is 11.6 Å². The Bertz CT molecular complexity index is 815. The predicted molar refractivity (Wildman–Crippen MR) is 91.7 cm³/mol. The van der Waals surface area contributed by atoms with Crippen LogP contribution in [0.1, 0.15) is 15.2 Å². The predicted octanol–water partition coefficient (Wildman–Crippen LogP) is 5.02. The van der Waals surface area contributed by atoms with Crippen LogP contribution in [-0.2, 0) is 0 Å². The van der Waals surface area contributed by atoms with Gasteiger partial charge < -0.3 is 5.32 Å². The molecule has 0 saturated carbocycles. The molecule has 3 nitrogen and oxygen atoms in total. The second-order valence-electron chi connectivity index (χ2n) is 4.80. The lowest BCUT2D eigenvalue weighted by molar-refractivity contribution is 0.103. The number of aromatic nitrogens is 1. The number of amides is 1. The summed E-state index contributed by atoms with van der Waals surface area (Å²) in [5.74, 6) is -0.109. The number of aryl methyl sites for hydroxylation is 1. The minimum atomic E-state index is -0.109. The first-order valence-corrected chi connectivity index (χ1v) is 7.97. The second kappa shape index (κ2) is 6.30. The molecule has 0 unspecified atom stereocenters. The van der Waals surface area contributed by atoms with Crippen LogP contribution in [0, 0.1) is 6.92 Å². The number of nitrogens with one attached hydrogen (secondary N) is 1. The molecule has 3 aromatic rings. The van der Waals surface area contributed by atoms with Crippen molar-refractivity contribution in [2.45, 2.75) is 6.92 Å². The highest BCUT2D eigenvalue weighted by Crippen LogP contribution is 2.29. The summed E-state index contributed by atoms with van der Waals surface area (Å²) < 4.78 is 0. The molecule has 1 amide bonds. The van der Waals surface area contributed by atoms with Crippen LogP contribution in [0.25, 0.3) is 11.3 Å². The van der Waals surface area contributed by atoms with Gasteiger partial charge in [0, 0.05) is 17.4 Å². The maximum absolute atomic E-state index is 12.3. The van der Waals surface area contributed by atoms with Crippen molar-refractivity contribution in [2.75, 3.05) is 5.32 Å². The van der Waals surface area contributed by atoms with Crippen LogP contribution in [-0.4, -0.2) is 10.9 Å². The largest absolute Gasteiger partial charge is 0.321 e. The Morgan fingerprint density at radius 1 is 1.23 bits per heavy atom. The van der Waals surface area contributed by atoms with Crippen LogP contribution in [0.2, 0.25) is 5.02 Å². The van der Waals surface area contributed by atoms with Gasteiger partial charge in [0.25, 0.3) is 5.91 Å². The molecule has 0 bridgehead atoms. The van der Waals surface area contributed by atoms with E-state index < -0.39 is 0 Å². The number of hydrogen-bond donors (Lipinski definition) is 1. The van der Waals surface area contributed by atoms with E-state index in [1.165, 1.54) is 11.3 Å². The molecule has 0 radical (unpaired) electrons. The number of rotatable bonds is 3. The van der Waals surface area contributed by atoms with Crippen molar-refractivity contribution in [1.29, 1.82) is 0 Å². The van der Waals surface area contributed by atoms with Gasteiger partial charge in [-0.3, -0.25) is 9.78 Å². The zero-order chi connectivity index (χ0) is 15.5. The van der Waals surface area contributed by atoms with Crippen LogP contribution >= 0.6 is 22.9 Å². The summed E-state index contributed by atoms with van der Waals surface area (Å²) in [6.45, 7) is 1.92. The Labute approximate surface area is 137 Å². The summed E-state index contributed by atoms with van der Waals surface area (Å²) in [5.41, 5.74) is 3.24. The number of nitrogens with zero attached hydrogens (tertiary/aromatic N) is 1. The number of pyridine rings is 1. The monoisotopic (exact) mass is 328 g/mol. The van der Waals surface area contributed by atoms with Crippen molar-refractivity contribution in [1.82, 2.24) is 4.98 Å². The smallest absolute Gasteiger partial charge is 0.265 e. The molecule has 5 heteroatoms. The highest BCUT2D eigenvalue weighted by molar-refractivity contribution is 7.12. The molecule has 2 aromatic heterocycles. The fraction of sp³-hybridized carbons (Fsp3) is 0.0588. The van der Waals surface area contributed by atoms with Gasteiger partial charge in [-0.1, -0.05) is 17.7 Å². The maximum Gasteiger partial charge on any atom is 0.265 e. The molecule has 110 valence electrons. The van der Waals surface area contributed by atoms with E-state index in [1.54, 1.807) is 18.3 Å². The standard InChI is InChI=1S/C17H13ClN2OS/c1-11-7-9-22-16(11)17(21)20-12-5-6-14(18)13(10-12)15-4-2-3-8-19-15/h2-10H,1H3,(H,20,21). The summed E-state index contributed by atoms with van der Waals surface area (Å²) in [4.78, 5) is 17.3. The minimum absolute atomic E-state index is 0.109. The molecule has 3 rings (SSSR count). The minimum Gasteiger partial charge on any atom is -0.321 e. The van der Waals surface area contributed by atoms with Crippen LogP contribution in [0.3, 0.4) is 0 Å². The first kappa shape index (κ1) is 14.8. The molecule has 0 atom stereocenters. The van der Waals surface area contributed by atoms with Crippen LogP contribution in [0.15, 0.2) is 54.0 Å². The molecule has 0 aliphatic rings. The van der Waals surface area contributed by atoms with Gasteiger partial charge in [0.1, 0.15) is 0 Å². The average molecular weight is 329 g/mol. The Balaban J connectivity index is 1.90. The topological polar surface area (TPSA) is 42.0 Å². The van der Waals surface area contributed by atoms with Crippen molar-refractivity contribution in [2.24, 2.45) is 0 Å². The number of carbonyl (C=O) groups is 1. The number of hydrogen-bond acceptors (Lipinski definition) is 3. The molecule has 0 saturated heterocycles. The number of anilines is 1. The van der Waals surface area contributed by atoms with Gasteiger partial charge in [-0.15, -0.1) is 11.3 Å². The number of halogens is 1. The molecular formula is C17H13ClN2OS. The third kappa shape index (κ3) is 3.03. The lowest BCUT2D eigenvalue weighted by atomic mass is 10.1. The number of thiophene rings is 1. The Morgan fingerprint density at radius 2 is 2.09 bits per heavy atom. The number of benzene rings is 1. The van der Waals surface area contributed by atoms with Crippen molar-refractivity contribution in [3.8, 4) is 11.3 Å². The van der Waals surface area contributed by atoms with Crippen molar-refractivity contribution in [3.63, 3.8) is 0 Å². The fourth-order valence-corrected chi connectivity index (χ4v) is 3.15. The molecular weight excluding hydrogens is 316 g/mol. The van der Waals surface area contributed by atoms with Crippen LogP contribution in [0.5, 0.6) is 0 Å². The molecule has 0 aliphatic heterocycles. The SMILES string of the molecule is Cc1ccsc1C(=O)Nc1ccc(Cl)c(-c2ccccn2)c1. The van der Waals surface area contributed by atoms with E-state index in [-0.39, 0.29) is 5.91 Å². The molecule has 22 heavy (non-hydrogen) atoms. The van der Waals surface area contributed by atoms with E-state index in [0.29, 0.717) is 15.6 Å². The summed E-state index contributed by atoms with van der Waals surface area (Å²) >= 11 is 7.67. The Hall–Kier alpha value is -2.17. The third-order valence-corrected chi connectivity index (χ3v) is 4.58. The van der Waals surface area contributed by atoms with Crippen LogP contribution in [0.4, 0.5) is 5.69 Å². The van der Waals surface area contributed by atoms with E-state index in [2.05, 4.69) is 10.3 Å². The van der Waals surface area contributed by atoms with Crippen molar-refractivity contribution < 1.29 is 4.79 Å². The summed E-state index contributed by atoms with van der Waals surface area (Å²) in [7, 11) is 0. The first-order chi connectivity index (χ1) is 10.6. The maximum atomic E-state index is 12.3. The Kier molecular flexibility index (Phi) is 4.22. The highest BCUT2D eigenvalue weighted by atomic mass is 35.5. The van der Waals surface area contributed by atoms with Gasteiger partial charge in [-0.25, -0.2) is 0 Å². The van der Waals surface area contributed by atoms with Gasteiger partial charge >= 0.3 is 0 Å². The second-order valence-corrected chi connectivity index (χ2v) is 6.12. The summed E-state index contributed by atoms with van der Waals surface area (Å²) in [6, 6.07) is 13.0. The lowest BCUT2D eigenvalue weighted by Crippen LogP contribution is -2.11. The molecule has 1 aromatic carbocycles. The van der Waals surface area contributed by atoms with E-state index in [9.17, 15) is 4.79 Å². The van der Waals surface area contributed by atoms with Crippen molar-refractivity contribution in [3.05, 3.63) is 69.5 Å². The summed E-state index contributed by atoms with van der Waals surface area (Å²) in [6.07, 6.45) is 1.71. The van der Waals surface area contributed by atoms with Gasteiger partial charge in [-0.05, 0) is 54.3 Å². The summed E-state index contributed by atoms with van der Waals surface area (Å²) in [5, 5.41) is 5.42. The fourth-order valence-electron chi connectivity index (χ4n) is 2.11. The molecule has 0 fully saturated rings. The van der Waals surface area contributed by atoms with E-state index in [0.717, 1.165) is 16.8 Å². The van der Waals surface area contributed by atoms with Gasteiger partial charge in [0.05, 0.1) is 15.6 Å². The first-order valence-electron chi connectivity index (χ1n) is 6.71. The highest BCUT2D eigenvalue weighted by Gasteiger charge is 2.12. The molecule has 0 spiro atoms.